The molecule has 0 spiro atoms. The van der Waals surface area contributed by atoms with Crippen LogP contribution in [0.5, 0.6) is 0 Å². The molecule has 32 heavy (non-hydrogen) atoms. The van der Waals surface area contributed by atoms with Crippen molar-refractivity contribution in [2.75, 3.05) is 19.8 Å². The molecule has 0 fully saturated rings. The SMILES string of the molecule is CCCCCCOC(C)OP(=O)(OC(C)OCCCCCC)OC(C)OCCCCCC. The highest BCUT2D eigenvalue weighted by Gasteiger charge is 2.35. The smallest absolute Gasteiger partial charge is 0.352 e. The third-order valence-electron chi connectivity index (χ3n) is 4.88. The Kier molecular flexibility index (Phi) is 21.5. The summed E-state index contributed by atoms with van der Waals surface area (Å²) in [5, 5.41) is 0. The minimum Gasteiger partial charge on any atom is -0.352 e. The maximum absolute atomic E-state index is 13.3. The number of unbranched alkanes of at least 4 members (excludes halogenated alkanes) is 9. The first kappa shape index (κ1) is 32.0. The molecule has 0 bridgehead atoms. The van der Waals surface area contributed by atoms with Crippen molar-refractivity contribution in [3.63, 3.8) is 0 Å². The van der Waals surface area contributed by atoms with Crippen LogP contribution < -0.4 is 0 Å². The second-order valence-corrected chi connectivity index (χ2v) is 9.79. The molecule has 7 nitrogen and oxygen atoms in total. The fraction of sp³-hybridized carbons (Fsp3) is 1.00. The van der Waals surface area contributed by atoms with Gasteiger partial charge in [-0.3, -0.25) is 13.6 Å². The molecule has 0 saturated heterocycles. The van der Waals surface area contributed by atoms with Crippen molar-refractivity contribution in [3.8, 4) is 0 Å². The van der Waals surface area contributed by atoms with Gasteiger partial charge in [-0.05, 0) is 40.0 Å². The van der Waals surface area contributed by atoms with E-state index in [-0.39, 0.29) is 0 Å². The Labute approximate surface area is 197 Å². The third kappa shape index (κ3) is 19.5. The Morgan fingerprint density at radius 2 is 0.781 bits per heavy atom. The highest BCUT2D eigenvalue weighted by Crippen LogP contribution is 2.53. The normalized spacial score (nSPS) is 16.6. The number of ether oxygens (including phenoxy) is 3. The highest BCUT2D eigenvalue weighted by atomic mass is 31.2. The molecule has 0 aliphatic rings. The molecular weight excluding hydrogens is 431 g/mol. The van der Waals surface area contributed by atoms with Crippen LogP contribution in [0.3, 0.4) is 0 Å². The zero-order valence-corrected chi connectivity index (χ0v) is 22.5. The van der Waals surface area contributed by atoms with Crippen molar-refractivity contribution in [1.29, 1.82) is 0 Å². The van der Waals surface area contributed by atoms with Crippen molar-refractivity contribution < 1.29 is 32.3 Å². The quantitative estimate of drug-likeness (QED) is 0.0784. The minimum absolute atomic E-state index is 0.536. The van der Waals surface area contributed by atoms with Gasteiger partial charge < -0.3 is 14.2 Å². The van der Waals surface area contributed by atoms with E-state index < -0.39 is 26.7 Å². The molecular formula is C24H51O7P. The molecule has 3 unspecified atom stereocenters. The van der Waals surface area contributed by atoms with E-state index in [9.17, 15) is 4.57 Å². The molecule has 0 amide bonds. The van der Waals surface area contributed by atoms with Crippen LogP contribution in [-0.2, 0) is 32.3 Å². The molecule has 0 aromatic carbocycles. The van der Waals surface area contributed by atoms with Gasteiger partial charge in [0.25, 0.3) is 0 Å². The van der Waals surface area contributed by atoms with Gasteiger partial charge in [0.15, 0.2) is 18.9 Å². The van der Waals surface area contributed by atoms with Gasteiger partial charge in [-0.1, -0.05) is 78.6 Å². The van der Waals surface area contributed by atoms with Crippen LogP contribution in [0.2, 0.25) is 0 Å². The van der Waals surface area contributed by atoms with Gasteiger partial charge >= 0.3 is 7.82 Å². The van der Waals surface area contributed by atoms with Crippen molar-refractivity contribution in [2.45, 2.75) is 137 Å². The van der Waals surface area contributed by atoms with E-state index in [1.807, 2.05) is 0 Å². The summed E-state index contributed by atoms with van der Waals surface area (Å²) in [6, 6.07) is 0. The van der Waals surface area contributed by atoms with Gasteiger partial charge in [0.1, 0.15) is 0 Å². The molecule has 0 aromatic heterocycles. The van der Waals surface area contributed by atoms with Crippen LogP contribution in [0.4, 0.5) is 0 Å². The molecule has 0 aliphatic carbocycles. The second kappa shape index (κ2) is 21.5. The summed E-state index contributed by atoms with van der Waals surface area (Å²) < 4.78 is 47.1. The van der Waals surface area contributed by atoms with Gasteiger partial charge in [0.2, 0.25) is 0 Å². The molecule has 0 aliphatic heterocycles. The van der Waals surface area contributed by atoms with E-state index in [2.05, 4.69) is 20.8 Å². The van der Waals surface area contributed by atoms with E-state index >= 15 is 0 Å². The lowest BCUT2D eigenvalue weighted by Crippen LogP contribution is -2.22. The first-order chi connectivity index (χ1) is 15.4. The lowest BCUT2D eigenvalue weighted by atomic mass is 10.2. The van der Waals surface area contributed by atoms with E-state index in [1.54, 1.807) is 20.8 Å². The monoisotopic (exact) mass is 482 g/mol. The summed E-state index contributed by atoms with van der Waals surface area (Å²) in [7, 11) is -3.95. The number of phosphoric acid groups is 1. The van der Waals surface area contributed by atoms with Gasteiger partial charge in [0, 0.05) is 19.8 Å². The van der Waals surface area contributed by atoms with E-state index in [4.69, 9.17) is 27.8 Å². The van der Waals surface area contributed by atoms with Crippen molar-refractivity contribution in [3.05, 3.63) is 0 Å². The Morgan fingerprint density at radius 1 is 0.500 bits per heavy atom. The Bertz CT molecular complexity index is 388. The van der Waals surface area contributed by atoms with Gasteiger partial charge in [-0.2, -0.15) is 0 Å². The first-order valence-electron chi connectivity index (χ1n) is 12.9. The fourth-order valence-electron chi connectivity index (χ4n) is 3.05. The van der Waals surface area contributed by atoms with Crippen LogP contribution >= 0.6 is 7.82 Å². The van der Waals surface area contributed by atoms with Crippen LogP contribution in [-0.4, -0.2) is 38.7 Å². The lowest BCUT2D eigenvalue weighted by molar-refractivity contribution is -0.148. The van der Waals surface area contributed by atoms with Crippen LogP contribution in [0, 0.1) is 0 Å². The molecule has 0 rings (SSSR count). The summed E-state index contributed by atoms with van der Waals surface area (Å²) in [5.74, 6) is 0. The van der Waals surface area contributed by atoms with E-state index in [0.29, 0.717) is 19.8 Å². The number of rotatable bonds is 24. The topological polar surface area (TPSA) is 72.5 Å². The fourth-order valence-corrected chi connectivity index (χ4v) is 4.47. The van der Waals surface area contributed by atoms with Gasteiger partial charge in [-0.15, -0.1) is 0 Å². The minimum atomic E-state index is -3.95. The summed E-state index contributed by atoms with van der Waals surface area (Å²) in [6.45, 7) is 13.2. The Morgan fingerprint density at radius 3 is 1.03 bits per heavy atom. The summed E-state index contributed by atoms with van der Waals surface area (Å²) in [6.07, 6.45) is 10.9. The number of phosphoric ester groups is 1. The molecule has 0 heterocycles. The largest absolute Gasteiger partial charge is 0.481 e. The molecule has 194 valence electrons. The Balaban J connectivity index is 4.64. The van der Waals surface area contributed by atoms with Crippen LogP contribution in [0.25, 0.3) is 0 Å². The first-order valence-corrected chi connectivity index (χ1v) is 14.3. The Hall–Kier alpha value is -0.0100. The zero-order valence-electron chi connectivity index (χ0n) is 21.6. The maximum atomic E-state index is 13.3. The summed E-state index contributed by atoms with van der Waals surface area (Å²) >= 11 is 0. The third-order valence-corrected chi connectivity index (χ3v) is 6.55. The lowest BCUT2D eigenvalue weighted by Gasteiger charge is -2.26. The molecule has 0 saturated carbocycles. The molecule has 0 N–H and O–H groups in total. The number of hydrogen-bond donors (Lipinski definition) is 0. The summed E-state index contributed by atoms with van der Waals surface area (Å²) in [4.78, 5) is 0. The van der Waals surface area contributed by atoms with Crippen LogP contribution in [0.1, 0.15) is 119 Å². The zero-order chi connectivity index (χ0) is 24.1. The average molecular weight is 483 g/mol. The molecule has 0 aromatic rings. The molecule has 3 atom stereocenters. The number of hydrogen-bond acceptors (Lipinski definition) is 7. The predicted molar refractivity (Wildman–Crippen MR) is 130 cm³/mol. The van der Waals surface area contributed by atoms with Gasteiger partial charge in [-0.25, -0.2) is 4.57 Å². The maximum Gasteiger partial charge on any atom is 0.481 e. The second-order valence-electron chi connectivity index (χ2n) is 8.26. The molecule has 0 radical (unpaired) electrons. The molecule has 8 heteroatoms. The van der Waals surface area contributed by atoms with Gasteiger partial charge in [0.05, 0.1) is 0 Å². The van der Waals surface area contributed by atoms with E-state index in [1.165, 1.54) is 19.3 Å². The summed E-state index contributed by atoms with van der Waals surface area (Å²) in [5.41, 5.74) is 0. The average Bonchev–Trinajstić information content (AvgIpc) is 2.72. The van der Waals surface area contributed by atoms with Crippen molar-refractivity contribution in [1.82, 2.24) is 0 Å². The van der Waals surface area contributed by atoms with Crippen molar-refractivity contribution in [2.24, 2.45) is 0 Å². The predicted octanol–water partition coefficient (Wildman–Crippen LogP) is 7.97. The van der Waals surface area contributed by atoms with Crippen molar-refractivity contribution >= 4 is 7.82 Å². The standard InChI is InChI=1S/C24H51O7P/c1-7-10-13-16-19-26-22(4)29-32(25,30-23(5)27-20-17-14-11-8-2)31-24(6)28-21-18-15-12-9-3/h22-24H,7-21H2,1-6H3. The van der Waals surface area contributed by atoms with E-state index in [0.717, 1.165) is 57.8 Å². The highest BCUT2D eigenvalue weighted by molar-refractivity contribution is 7.48. The van der Waals surface area contributed by atoms with Crippen LogP contribution in [0.15, 0.2) is 0 Å².